The molecule has 0 saturated heterocycles. The Morgan fingerprint density at radius 3 is 2.47 bits per heavy atom. The lowest BCUT2D eigenvalue weighted by Crippen LogP contribution is -2.35. The van der Waals surface area contributed by atoms with Gasteiger partial charge in [-0.25, -0.2) is 12.7 Å². The standard InChI is InChI=1S/C9H17NO4S/c1-2-10(7-8-3-4-8)15(13,14)6-5-9(11)12/h8H,2-7H2,1H3,(H,11,12). The Morgan fingerprint density at radius 2 is 2.07 bits per heavy atom. The van der Waals surface area contributed by atoms with E-state index in [1.807, 2.05) is 0 Å². The molecule has 6 heteroatoms. The van der Waals surface area contributed by atoms with Crippen molar-refractivity contribution in [1.82, 2.24) is 4.31 Å². The van der Waals surface area contributed by atoms with Crippen molar-refractivity contribution < 1.29 is 18.3 Å². The Hall–Kier alpha value is -0.620. The lowest BCUT2D eigenvalue weighted by Gasteiger charge is -2.19. The predicted octanol–water partition coefficient (Wildman–Crippen LogP) is 0.523. The molecule has 0 atom stereocenters. The summed E-state index contributed by atoms with van der Waals surface area (Å²) < 4.78 is 24.8. The molecule has 1 fully saturated rings. The molecule has 1 rings (SSSR count). The monoisotopic (exact) mass is 235 g/mol. The molecule has 0 aromatic carbocycles. The topological polar surface area (TPSA) is 74.7 Å². The number of sulfonamides is 1. The fourth-order valence-corrected chi connectivity index (χ4v) is 2.90. The Bertz CT molecular complexity index is 321. The first-order valence-electron chi connectivity index (χ1n) is 5.15. The van der Waals surface area contributed by atoms with Crippen LogP contribution >= 0.6 is 0 Å². The molecule has 0 aromatic heterocycles. The summed E-state index contributed by atoms with van der Waals surface area (Å²) in [5.74, 6) is -0.867. The van der Waals surface area contributed by atoms with E-state index in [0.717, 1.165) is 12.8 Å². The van der Waals surface area contributed by atoms with Crippen molar-refractivity contribution in [2.24, 2.45) is 5.92 Å². The van der Waals surface area contributed by atoms with Crippen LogP contribution < -0.4 is 0 Å². The van der Waals surface area contributed by atoms with E-state index in [4.69, 9.17) is 5.11 Å². The van der Waals surface area contributed by atoms with Gasteiger partial charge in [-0.1, -0.05) is 6.92 Å². The first-order chi connectivity index (χ1) is 6.95. The first-order valence-corrected chi connectivity index (χ1v) is 6.76. The minimum Gasteiger partial charge on any atom is -0.481 e. The zero-order valence-electron chi connectivity index (χ0n) is 8.85. The van der Waals surface area contributed by atoms with Crippen LogP contribution in [0.25, 0.3) is 0 Å². The second kappa shape index (κ2) is 4.94. The van der Waals surface area contributed by atoms with Crippen LogP contribution in [0.1, 0.15) is 26.2 Å². The van der Waals surface area contributed by atoms with Crippen LogP contribution in [-0.2, 0) is 14.8 Å². The Balaban J connectivity index is 2.51. The van der Waals surface area contributed by atoms with Gasteiger partial charge in [-0.3, -0.25) is 4.79 Å². The van der Waals surface area contributed by atoms with Gasteiger partial charge in [-0.15, -0.1) is 0 Å². The van der Waals surface area contributed by atoms with Gasteiger partial charge < -0.3 is 5.11 Å². The van der Waals surface area contributed by atoms with Gasteiger partial charge in [0.15, 0.2) is 0 Å². The summed E-state index contributed by atoms with van der Waals surface area (Å²) in [4.78, 5) is 10.3. The van der Waals surface area contributed by atoms with Crippen LogP contribution in [0.2, 0.25) is 0 Å². The Morgan fingerprint density at radius 1 is 1.47 bits per heavy atom. The van der Waals surface area contributed by atoms with Crippen molar-refractivity contribution in [3.8, 4) is 0 Å². The molecule has 1 aliphatic carbocycles. The second-order valence-electron chi connectivity index (χ2n) is 3.85. The summed E-state index contributed by atoms with van der Waals surface area (Å²) in [5, 5.41) is 8.44. The van der Waals surface area contributed by atoms with Gasteiger partial charge in [0.25, 0.3) is 0 Å². The quantitative estimate of drug-likeness (QED) is 0.698. The average molecular weight is 235 g/mol. The molecular weight excluding hydrogens is 218 g/mol. The fraction of sp³-hybridized carbons (Fsp3) is 0.889. The third-order valence-corrected chi connectivity index (χ3v) is 4.39. The summed E-state index contributed by atoms with van der Waals surface area (Å²) in [6.45, 7) is 2.76. The molecule has 0 aromatic rings. The summed E-state index contributed by atoms with van der Waals surface area (Å²) >= 11 is 0. The molecule has 0 amide bonds. The molecule has 1 N–H and O–H groups in total. The van der Waals surface area contributed by atoms with Crippen LogP contribution in [0, 0.1) is 5.92 Å². The molecule has 88 valence electrons. The lowest BCUT2D eigenvalue weighted by atomic mass is 10.4. The SMILES string of the molecule is CCN(CC1CC1)S(=O)(=O)CCC(=O)O. The number of aliphatic carboxylic acids is 1. The number of carbonyl (C=O) groups is 1. The third-order valence-electron chi connectivity index (χ3n) is 2.48. The van der Waals surface area contributed by atoms with Crippen LogP contribution in [0.3, 0.4) is 0 Å². The van der Waals surface area contributed by atoms with Gasteiger partial charge in [0.2, 0.25) is 10.0 Å². The summed E-state index contributed by atoms with van der Waals surface area (Å²) in [5.41, 5.74) is 0. The van der Waals surface area contributed by atoms with Gasteiger partial charge in [-0.05, 0) is 18.8 Å². The molecule has 0 unspecified atom stereocenters. The summed E-state index contributed by atoms with van der Waals surface area (Å²) in [6, 6.07) is 0. The van der Waals surface area contributed by atoms with E-state index in [1.165, 1.54) is 4.31 Å². The van der Waals surface area contributed by atoms with Crippen LogP contribution in [0.4, 0.5) is 0 Å². The Kier molecular flexibility index (Phi) is 4.10. The predicted molar refractivity (Wildman–Crippen MR) is 56.0 cm³/mol. The van der Waals surface area contributed by atoms with Gasteiger partial charge in [0, 0.05) is 13.1 Å². The van der Waals surface area contributed by atoms with E-state index >= 15 is 0 Å². The average Bonchev–Trinajstić information content (AvgIpc) is 2.94. The van der Waals surface area contributed by atoms with Crippen molar-refractivity contribution >= 4 is 16.0 Å². The van der Waals surface area contributed by atoms with E-state index in [1.54, 1.807) is 6.92 Å². The Labute approximate surface area is 90.1 Å². The van der Waals surface area contributed by atoms with Gasteiger partial charge in [0.1, 0.15) is 0 Å². The molecule has 0 spiro atoms. The lowest BCUT2D eigenvalue weighted by molar-refractivity contribution is -0.136. The van der Waals surface area contributed by atoms with E-state index in [-0.39, 0.29) is 12.2 Å². The van der Waals surface area contributed by atoms with Crippen LogP contribution in [-0.4, -0.2) is 42.6 Å². The number of hydrogen-bond acceptors (Lipinski definition) is 3. The van der Waals surface area contributed by atoms with Gasteiger partial charge >= 0.3 is 5.97 Å². The zero-order valence-corrected chi connectivity index (χ0v) is 9.66. The molecule has 0 heterocycles. The number of nitrogens with zero attached hydrogens (tertiary/aromatic N) is 1. The van der Waals surface area contributed by atoms with Crippen molar-refractivity contribution in [2.75, 3.05) is 18.8 Å². The molecule has 1 aliphatic rings. The molecular formula is C9H17NO4S. The highest BCUT2D eigenvalue weighted by Crippen LogP contribution is 2.30. The van der Waals surface area contributed by atoms with Crippen LogP contribution in [0.15, 0.2) is 0 Å². The molecule has 0 radical (unpaired) electrons. The fourth-order valence-electron chi connectivity index (χ4n) is 1.37. The van der Waals surface area contributed by atoms with E-state index in [2.05, 4.69) is 0 Å². The van der Waals surface area contributed by atoms with E-state index in [0.29, 0.717) is 19.0 Å². The number of carboxylic acids is 1. The summed E-state index contributed by atoms with van der Waals surface area (Å²) in [6.07, 6.45) is 1.86. The van der Waals surface area contributed by atoms with Crippen LogP contribution in [0.5, 0.6) is 0 Å². The maximum atomic E-state index is 11.7. The van der Waals surface area contributed by atoms with Gasteiger partial charge in [0.05, 0.1) is 12.2 Å². The number of rotatable bonds is 7. The van der Waals surface area contributed by atoms with E-state index < -0.39 is 16.0 Å². The molecule has 1 saturated carbocycles. The maximum absolute atomic E-state index is 11.7. The highest BCUT2D eigenvalue weighted by Gasteiger charge is 2.29. The minimum absolute atomic E-state index is 0.289. The number of carboxylic acid groups (broad SMARTS) is 1. The number of hydrogen-bond donors (Lipinski definition) is 1. The van der Waals surface area contributed by atoms with Crippen molar-refractivity contribution in [3.05, 3.63) is 0 Å². The van der Waals surface area contributed by atoms with Crippen molar-refractivity contribution in [2.45, 2.75) is 26.2 Å². The second-order valence-corrected chi connectivity index (χ2v) is 5.94. The molecule has 15 heavy (non-hydrogen) atoms. The molecule has 5 nitrogen and oxygen atoms in total. The van der Waals surface area contributed by atoms with E-state index in [9.17, 15) is 13.2 Å². The normalized spacial score (nSPS) is 16.9. The van der Waals surface area contributed by atoms with Crippen molar-refractivity contribution in [3.63, 3.8) is 0 Å². The smallest absolute Gasteiger partial charge is 0.304 e. The largest absolute Gasteiger partial charge is 0.481 e. The first kappa shape index (κ1) is 12.4. The molecule has 0 aliphatic heterocycles. The minimum atomic E-state index is -3.37. The summed E-state index contributed by atoms with van der Waals surface area (Å²) in [7, 11) is -3.37. The zero-order chi connectivity index (χ0) is 11.5. The van der Waals surface area contributed by atoms with Gasteiger partial charge in [-0.2, -0.15) is 0 Å². The highest BCUT2D eigenvalue weighted by molar-refractivity contribution is 7.89. The van der Waals surface area contributed by atoms with Crippen molar-refractivity contribution in [1.29, 1.82) is 0 Å². The maximum Gasteiger partial charge on any atom is 0.304 e. The highest BCUT2D eigenvalue weighted by atomic mass is 32.2. The molecule has 0 bridgehead atoms. The third kappa shape index (κ3) is 4.17.